The summed E-state index contributed by atoms with van der Waals surface area (Å²) in [5.41, 5.74) is 2.46. The second kappa shape index (κ2) is 7.44. The molecule has 4 nitrogen and oxygen atoms in total. The van der Waals surface area contributed by atoms with Crippen molar-refractivity contribution in [3.05, 3.63) is 35.5 Å². The largest absolute Gasteiger partial charge is 0.443 e. The highest BCUT2D eigenvalue weighted by molar-refractivity contribution is 6.74. The molecule has 0 radical (unpaired) electrons. The molecular formula is C22H35NO3Si. The number of ether oxygens (including phenoxy) is 1. The number of carbonyl (C=O) groups is 1. The zero-order valence-electron chi connectivity index (χ0n) is 18.4. The zero-order valence-corrected chi connectivity index (χ0v) is 19.4. The molecule has 0 aliphatic rings. The third kappa shape index (κ3) is 4.82. The van der Waals surface area contributed by atoms with Crippen molar-refractivity contribution < 1.29 is 14.0 Å². The molecule has 2 rings (SSSR count). The van der Waals surface area contributed by atoms with Gasteiger partial charge in [-0.3, -0.25) is 0 Å². The number of hydrogen-bond donors (Lipinski definition) is 0. The fourth-order valence-electron chi connectivity index (χ4n) is 2.92. The third-order valence-corrected chi connectivity index (χ3v) is 9.98. The maximum atomic E-state index is 12.8. The minimum Gasteiger partial charge on any atom is -0.443 e. The van der Waals surface area contributed by atoms with Gasteiger partial charge in [0.15, 0.2) is 8.32 Å². The van der Waals surface area contributed by atoms with Crippen LogP contribution in [0, 0.1) is 6.92 Å². The molecule has 5 heteroatoms. The van der Waals surface area contributed by atoms with Crippen LogP contribution in [0.1, 0.15) is 52.8 Å². The first-order valence-electron chi connectivity index (χ1n) is 9.71. The molecule has 27 heavy (non-hydrogen) atoms. The summed E-state index contributed by atoms with van der Waals surface area (Å²) in [6.45, 7) is 19.6. The van der Waals surface area contributed by atoms with Gasteiger partial charge in [0.2, 0.25) is 0 Å². The average molecular weight is 390 g/mol. The van der Waals surface area contributed by atoms with Gasteiger partial charge in [-0.1, -0.05) is 39.0 Å². The number of nitrogens with zero attached hydrogens (tertiary/aromatic N) is 1. The van der Waals surface area contributed by atoms with E-state index < -0.39 is 13.9 Å². The van der Waals surface area contributed by atoms with Gasteiger partial charge in [0.05, 0.1) is 5.52 Å². The summed E-state index contributed by atoms with van der Waals surface area (Å²) in [7, 11) is -1.79. The Morgan fingerprint density at radius 3 is 2.22 bits per heavy atom. The van der Waals surface area contributed by atoms with Gasteiger partial charge in [0.1, 0.15) is 5.60 Å². The highest BCUT2D eigenvalue weighted by Gasteiger charge is 2.37. The maximum Gasteiger partial charge on any atom is 0.419 e. The van der Waals surface area contributed by atoms with Crippen molar-refractivity contribution in [2.45, 2.75) is 78.6 Å². The number of benzene rings is 1. The molecule has 0 unspecified atom stereocenters. The van der Waals surface area contributed by atoms with Crippen molar-refractivity contribution in [2.75, 3.05) is 6.61 Å². The van der Waals surface area contributed by atoms with Crippen LogP contribution in [0.2, 0.25) is 18.1 Å². The van der Waals surface area contributed by atoms with Gasteiger partial charge in [0, 0.05) is 17.7 Å². The first-order valence-corrected chi connectivity index (χ1v) is 12.6. The number of hydrogen-bond acceptors (Lipinski definition) is 3. The molecule has 0 fully saturated rings. The summed E-state index contributed by atoms with van der Waals surface area (Å²) in [4.78, 5) is 12.8. The molecule has 0 saturated heterocycles. The van der Waals surface area contributed by atoms with E-state index in [1.54, 1.807) is 4.57 Å². The van der Waals surface area contributed by atoms with Crippen molar-refractivity contribution >= 4 is 25.3 Å². The third-order valence-electron chi connectivity index (χ3n) is 5.44. The van der Waals surface area contributed by atoms with Crippen LogP contribution < -0.4 is 0 Å². The lowest BCUT2D eigenvalue weighted by Crippen LogP contribution is -2.41. The molecule has 0 bridgehead atoms. The van der Waals surface area contributed by atoms with E-state index in [4.69, 9.17) is 9.16 Å². The molecule has 0 atom stereocenters. The monoisotopic (exact) mass is 389 g/mol. The number of carbonyl (C=O) groups excluding carboxylic acids is 1. The van der Waals surface area contributed by atoms with E-state index >= 15 is 0 Å². The molecule has 0 saturated carbocycles. The molecule has 0 spiro atoms. The van der Waals surface area contributed by atoms with Gasteiger partial charge in [-0.25, -0.2) is 9.36 Å². The van der Waals surface area contributed by atoms with E-state index in [-0.39, 0.29) is 11.1 Å². The maximum absolute atomic E-state index is 12.8. The fraction of sp³-hybridized carbons (Fsp3) is 0.591. The van der Waals surface area contributed by atoms with E-state index in [0.29, 0.717) is 6.61 Å². The van der Waals surface area contributed by atoms with Crippen LogP contribution in [0.25, 0.3) is 10.9 Å². The number of fused-ring (bicyclic) bond motifs is 1. The Bertz CT molecular complexity index is 822. The van der Waals surface area contributed by atoms with Gasteiger partial charge in [0.25, 0.3) is 0 Å². The van der Waals surface area contributed by atoms with E-state index in [1.807, 2.05) is 45.9 Å². The Hall–Kier alpha value is -1.59. The number of aromatic nitrogens is 1. The SMILES string of the molecule is Cc1c(CCO[Si](C)(C)C(C)(C)C)c2ccccc2n1C(=O)OC(C)(C)C. The molecule has 1 aromatic heterocycles. The van der Waals surface area contributed by atoms with Crippen LogP contribution in [0.4, 0.5) is 4.79 Å². The Balaban J connectivity index is 2.33. The highest BCUT2D eigenvalue weighted by Crippen LogP contribution is 2.37. The van der Waals surface area contributed by atoms with Crippen molar-refractivity contribution in [3.8, 4) is 0 Å². The Morgan fingerprint density at radius 2 is 1.67 bits per heavy atom. The fourth-order valence-corrected chi connectivity index (χ4v) is 3.96. The number of para-hydroxylation sites is 1. The first kappa shape index (κ1) is 21.7. The lowest BCUT2D eigenvalue weighted by atomic mass is 10.1. The van der Waals surface area contributed by atoms with E-state index in [1.165, 1.54) is 0 Å². The zero-order chi connectivity index (χ0) is 20.6. The molecule has 1 aromatic carbocycles. The second-order valence-corrected chi connectivity index (χ2v) is 14.6. The molecule has 0 aliphatic carbocycles. The standard InChI is InChI=1S/C22H35NO3Si/c1-16-17(14-15-25-27(8,9)22(5,6)7)18-12-10-11-13-19(18)23(16)20(24)26-21(2,3)4/h10-13H,14-15H2,1-9H3. The van der Waals surface area contributed by atoms with Gasteiger partial charge in [-0.15, -0.1) is 0 Å². The molecule has 2 aromatic rings. The summed E-state index contributed by atoms with van der Waals surface area (Å²) in [6.07, 6.45) is 0.460. The Morgan fingerprint density at radius 1 is 1.07 bits per heavy atom. The van der Waals surface area contributed by atoms with Crippen molar-refractivity contribution in [1.82, 2.24) is 4.57 Å². The van der Waals surface area contributed by atoms with Crippen LogP contribution in [-0.2, 0) is 15.6 Å². The molecule has 1 heterocycles. The van der Waals surface area contributed by atoms with Crippen molar-refractivity contribution in [1.29, 1.82) is 0 Å². The van der Waals surface area contributed by atoms with Crippen LogP contribution in [0.15, 0.2) is 24.3 Å². The predicted molar refractivity (Wildman–Crippen MR) is 115 cm³/mol. The summed E-state index contributed by atoms with van der Waals surface area (Å²) < 4.78 is 13.7. The van der Waals surface area contributed by atoms with Gasteiger partial charge < -0.3 is 9.16 Å². The van der Waals surface area contributed by atoms with Gasteiger partial charge >= 0.3 is 6.09 Å². The van der Waals surface area contributed by atoms with Crippen LogP contribution >= 0.6 is 0 Å². The summed E-state index contributed by atoms with van der Waals surface area (Å²) in [5, 5.41) is 1.28. The quantitative estimate of drug-likeness (QED) is 0.576. The lowest BCUT2D eigenvalue weighted by molar-refractivity contribution is 0.0541. The van der Waals surface area contributed by atoms with E-state index in [9.17, 15) is 4.79 Å². The molecule has 150 valence electrons. The van der Waals surface area contributed by atoms with Crippen molar-refractivity contribution in [2.24, 2.45) is 0 Å². The normalized spacial score (nSPS) is 13.2. The molecule has 0 aliphatic heterocycles. The average Bonchev–Trinajstić information content (AvgIpc) is 2.77. The van der Waals surface area contributed by atoms with E-state index in [0.717, 1.165) is 28.6 Å². The summed E-state index contributed by atoms with van der Waals surface area (Å²) >= 11 is 0. The van der Waals surface area contributed by atoms with Crippen molar-refractivity contribution in [3.63, 3.8) is 0 Å². The van der Waals surface area contributed by atoms with Crippen LogP contribution in [-0.4, -0.2) is 31.2 Å². The first-order chi connectivity index (χ1) is 12.2. The van der Waals surface area contributed by atoms with Gasteiger partial charge in [-0.2, -0.15) is 0 Å². The Kier molecular flexibility index (Phi) is 5.98. The minimum atomic E-state index is -1.79. The molecule has 0 N–H and O–H groups in total. The predicted octanol–water partition coefficient (Wildman–Crippen LogP) is 6.30. The molecule has 0 amide bonds. The van der Waals surface area contributed by atoms with Crippen LogP contribution in [0.5, 0.6) is 0 Å². The summed E-state index contributed by atoms with van der Waals surface area (Å²) in [6, 6.07) is 8.02. The number of rotatable bonds is 4. The van der Waals surface area contributed by atoms with Gasteiger partial charge in [-0.05, 0) is 63.9 Å². The second-order valence-electron chi connectivity index (χ2n) is 9.76. The smallest absolute Gasteiger partial charge is 0.419 e. The lowest BCUT2D eigenvalue weighted by Gasteiger charge is -2.36. The topological polar surface area (TPSA) is 40.5 Å². The molecular weight excluding hydrogens is 354 g/mol. The van der Waals surface area contributed by atoms with E-state index in [2.05, 4.69) is 39.9 Å². The Labute approximate surface area is 165 Å². The highest BCUT2D eigenvalue weighted by atomic mass is 28.4. The van der Waals surface area contributed by atoms with Crippen LogP contribution in [0.3, 0.4) is 0 Å². The summed E-state index contributed by atoms with van der Waals surface area (Å²) in [5.74, 6) is 0. The minimum absolute atomic E-state index is 0.187.